The lowest BCUT2D eigenvalue weighted by molar-refractivity contribution is -0.127. The van der Waals surface area contributed by atoms with Gasteiger partial charge in [-0.15, -0.1) is 0 Å². The summed E-state index contributed by atoms with van der Waals surface area (Å²) in [5.41, 5.74) is 0. The van der Waals surface area contributed by atoms with E-state index in [-0.39, 0.29) is 12.0 Å². The summed E-state index contributed by atoms with van der Waals surface area (Å²) in [6.07, 6.45) is 3.21. The minimum absolute atomic E-state index is 0.234. The van der Waals surface area contributed by atoms with Gasteiger partial charge in [-0.2, -0.15) is 0 Å². The summed E-state index contributed by atoms with van der Waals surface area (Å²) in [5, 5.41) is 8.99. The number of nitrogens with zero attached hydrogens (tertiary/aromatic N) is 1. The lowest BCUT2D eigenvalue weighted by Crippen LogP contribution is -2.26. The predicted molar refractivity (Wildman–Crippen MR) is 46.7 cm³/mol. The van der Waals surface area contributed by atoms with Gasteiger partial charge >= 0.3 is 0 Å². The van der Waals surface area contributed by atoms with E-state index in [9.17, 15) is 4.79 Å². The van der Waals surface area contributed by atoms with Crippen molar-refractivity contribution in [2.75, 3.05) is 13.1 Å². The third-order valence-corrected chi connectivity index (χ3v) is 2.22. The molecule has 1 amide bonds. The normalized spacial score (nSPS) is 20.2. The Bertz CT molecular complexity index is 157. The van der Waals surface area contributed by atoms with E-state index in [0.717, 1.165) is 32.4 Å². The molecule has 0 aromatic rings. The Balaban J connectivity index is 2.10. The monoisotopic (exact) mass is 171 g/mol. The van der Waals surface area contributed by atoms with Crippen LogP contribution in [0.25, 0.3) is 0 Å². The summed E-state index contributed by atoms with van der Waals surface area (Å²) >= 11 is 0. The number of carbonyl (C=O) groups excluding carboxylic acids is 1. The molecule has 0 bridgehead atoms. The van der Waals surface area contributed by atoms with Crippen LogP contribution in [0.2, 0.25) is 0 Å². The van der Waals surface area contributed by atoms with Gasteiger partial charge in [0.2, 0.25) is 5.91 Å². The fourth-order valence-corrected chi connectivity index (χ4v) is 1.52. The Kier molecular flexibility index (Phi) is 3.53. The smallest absolute Gasteiger partial charge is 0.222 e. The Morgan fingerprint density at radius 2 is 2.42 bits per heavy atom. The van der Waals surface area contributed by atoms with Crippen molar-refractivity contribution < 1.29 is 9.90 Å². The maximum atomic E-state index is 11.1. The van der Waals surface area contributed by atoms with Gasteiger partial charge in [0, 0.05) is 19.5 Å². The number of hydrogen-bond acceptors (Lipinski definition) is 2. The first kappa shape index (κ1) is 9.52. The summed E-state index contributed by atoms with van der Waals surface area (Å²) < 4.78 is 0. The van der Waals surface area contributed by atoms with Crippen molar-refractivity contribution in [3.8, 4) is 0 Å². The van der Waals surface area contributed by atoms with E-state index in [1.807, 2.05) is 4.90 Å². The van der Waals surface area contributed by atoms with Crippen molar-refractivity contribution in [2.24, 2.45) is 0 Å². The van der Waals surface area contributed by atoms with E-state index >= 15 is 0 Å². The van der Waals surface area contributed by atoms with E-state index in [1.54, 1.807) is 6.92 Å². The molecule has 1 aliphatic rings. The molecule has 1 aliphatic heterocycles. The van der Waals surface area contributed by atoms with Gasteiger partial charge in [-0.1, -0.05) is 0 Å². The van der Waals surface area contributed by atoms with Gasteiger partial charge < -0.3 is 10.0 Å². The number of carbonyl (C=O) groups is 1. The molecule has 70 valence electrons. The Morgan fingerprint density at radius 3 is 2.92 bits per heavy atom. The highest BCUT2D eigenvalue weighted by atomic mass is 16.3. The average molecular weight is 171 g/mol. The van der Waals surface area contributed by atoms with E-state index in [0.29, 0.717) is 6.42 Å². The second kappa shape index (κ2) is 4.45. The molecule has 0 radical (unpaired) electrons. The second-order valence-corrected chi connectivity index (χ2v) is 3.48. The van der Waals surface area contributed by atoms with Crippen molar-refractivity contribution in [3.63, 3.8) is 0 Å². The molecule has 0 aromatic heterocycles. The van der Waals surface area contributed by atoms with Crippen LogP contribution in [-0.2, 0) is 4.79 Å². The molecule has 1 rings (SSSR count). The van der Waals surface area contributed by atoms with Crippen LogP contribution >= 0.6 is 0 Å². The first-order chi connectivity index (χ1) is 5.70. The SMILES string of the molecule is CC(O)CCCN1CCCC1=O. The molecule has 1 N–H and O–H groups in total. The highest BCUT2D eigenvalue weighted by molar-refractivity contribution is 5.77. The third-order valence-electron chi connectivity index (χ3n) is 2.22. The van der Waals surface area contributed by atoms with Gasteiger partial charge in [0.15, 0.2) is 0 Å². The van der Waals surface area contributed by atoms with Gasteiger partial charge in [0.25, 0.3) is 0 Å². The number of amides is 1. The summed E-state index contributed by atoms with van der Waals surface area (Å²) in [6, 6.07) is 0. The van der Waals surface area contributed by atoms with Crippen LogP contribution in [0.3, 0.4) is 0 Å². The van der Waals surface area contributed by atoms with E-state index < -0.39 is 0 Å². The zero-order valence-electron chi connectivity index (χ0n) is 7.62. The predicted octanol–water partition coefficient (Wildman–Crippen LogP) is 0.770. The van der Waals surface area contributed by atoms with Crippen LogP contribution in [0.15, 0.2) is 0 Å². The number of aliphatic hydroxyl groups excluding tert-OH is 1. The molecule has 1 atom stereocenters. The highest BCUT2D eigenvalue weighted by Gasteiger charge is 2.18. The fraction of sp³-hybridized carbons (Fsp3) is 0.889. The van der Waals surface area contributed by atoms with Crippen molar-refractivity contribution in [2.45, 2.75) is 38.7 Å². The maximum Gasteiger partial charge on any atom is 0.222 e. The molecule has 1 fully saturated rings. The second-order valence-electron chi connectivity index (χ2n) is 3.48. The lowest BCUT2D eigenvalue weighted by atomic mass is 10.2. The Hall–Kier alpha value is -0.570. The van der Waals surface area contributed by atoms with Crippen LogP contribution in [-0.4, -0.2) is 35.1 Å². The first-order valence-corrected chi connectivity index (χ1v) is 4.66. The van der Waals surface area contributed by atoms with Crippen molar-refractivity contribution in [3.05, 3.63) is 0 Å². The average Bonchev–Trinajstić information content (AvgIpc) is 2.36. The molecule has 3 heteroatoms. The molecule has 1 unspecified atom stereocenters. The topological polar surface area (TPSA) is 40.5 Å². The Labute approximate surface area is 73.4 Å². The molecule has 1 heterocycles. The molecule has 0 aromatic carbocycles. The fourth-order valence-electron chi connectivity index (χ4n) is 1.52. The zero-order chi connectivity index (χ0) is 8.97. The zero-order valence-corrected chi connectivity index (χ0v) is 7.62. The minimum Gasteiger partial charge on any atom is -0.393 e. The molecule has 0 aliphatic carbocycles. The van der Waals surface area contributed by atoms with Gasteiger partial charge in [0.05, 0.1) is 6.10 Å². The van der Waals surface area contributed by atoms with Crippen LogP contribution in [0.4, 0.5) is 0 Å². The van der Waals surface area contributed by atoms with E-state index in [1.165, 1.54) is 0 Å². The number of aliphatic hydroxyl groups is 1. The molecular weight excluding hydrogens is 154 g/mol. The molecule has 0 spiro atoms. The quantitative estimate of drug-likeness (QED) is 0.678. The third kappa shape index (κ3) is 2.81. The molecule has 1 saturated heterocycles. The molecule has 3 nitrogen and oxygen atoms in total. The summed E-state index contributed by atoms with van der Waals surface area (Å²) in [4.78, 5) is 13.0. The lowest BCUT2D eigenvalue weighted by Gasteiger charge is -2.15. The maximum absolute atomic E-state index is 11.1. The standard InChI is InChI=1S/C9H17NO2/c1-8(11)4-2-6-10-7-3-5-9(10)12/h8,11H,2-7H2,1H3. The van der Waals surface area contributed by atoms with Gasteiger partial charge in [-0.3, -0.25) is 4.79 Å². The summed E-state index contributed by atoms with van der Waals surface area (Å²) in [6.45, 7) is 3.52. The van der Waals surface area contributed by atoms with Crippen LogP contribution in [0.1, 0.15) is 32.6 Å². The Morgan fingerprint density at radius 1 is 1.67 bits per heavy atom. The largest absolute Gasteiger partial charge is 0.393 e. The molecule has 12 heavy (non-hydrogen) atoms. The van der Waals surface area contributed by atoms with Gasteiger partial charge in [0.1, 0.15) is 0 Å². The minimum atomic E-state index is -0.234. The molecule has 0 saturated carbocycles. The number of likely N-dealkylation sites (tertiary alicyclic amines) is 1. The van der Waals surface area contributed by atoms with E-state index in [4.69, 9.17) is 5.11 Å². The van der Waals surface area contributed by atoms with Gasteiger partial charge in [-0.25, -0.2) is 0 Å². The molecular formula is C9H17NO2. The van der Waals surface area contributed by atoms with Crippen LogP contribution in [0, 0.1) is 0 Å². The number of rotatable bonds is 4. The van der Waals surface area contributed by atoms with Gasteiger partial charge in [-0.05, 0) is 26.2 Å². The van der Waals surface area contributed by atoms with E-state index in [2.05, 4.69) is 0 Å². The van der Waals surface area contributed by atoms with Crippen LogP contribution < -0.4 is 0 Å². The summed E-state index contributed by atoms with van der Waals surface area (Å²) in [7, 11) is 0. The van der Waals surface area contributed by atoms with Crippen LogP contribution in [0.5, 0.6) is 0 Å². The highest BCUT2D eigenvalue weighted by Crippen LogP contribution is 2.10. The summed E-state index contributed by atoms with van der Waals surface area (Å²) in [5.74, 6) is 0.278. The van der Waals surface area contributed by atoms with Crippen molar-refractivity contribution >= 4 is 5.91 Å². The van der Waals surface area contributed by atoms with Crippen molar-refractivity contribution in [1.29, 1.82) is 0 Å². The first-order valence-electron chi connectivity index (χ1n) is 4.66. The number of hydrogen-bond donors (Lipinski definition) is 1. The van der Waals surface area contributed by atoms with Crippen molar-refractivity contribution in [1.82, 2.24) is 4.90 Å².